The van der Waals surface area contributed by atoms with Crippen LogP contribution in [0.2, 0.25) is 5.02 Å². The molecule has 0 aliphatic rings. The van der Waals surface area contributed by atoms with E-state index < -0.39 is 0 Å². The number of aromatic nitrogens is 1. The van der Waals surface area contributed by atoms with Crippen molar-refractivity contribution in [2.45, 2.75) is 0 Å². The Kier molecular flexibility index (Phi) is 3.99. The monoisotopic (exact) mass is 324 g/mol. The highest BCUT2D eigenvalue weighted by molar-refractivity contribution is 9.10. The minimum Gasteiger partial charge on any atom is -0.296 e. The number of hydrogen-bond donors (Lipinski definition) is 0. The van der Waals surface area contributed by atoms with Crippen LogP contribution in [0, 0.1) is 0 Å². The van der Waals surface area contributed by atoms with Crippen LogP contribution >= 0.6 is 27.5 Å². The van der Waals surface area contributed by atoms with Gasteiger partial charge in [-0.3, -0.25) is 9.69 Å². The summed E-state index contributed by atoms with van der Waals surface area (Å²) in [6.45, 7) is 0. The molecule has 0 bridgehead atoms. The number of benzene rings is 1. The van der Waals surface area contributed by atoms with E-state index in [1.54, 1.807) is 43.6 Å². The minimum atomic E-state index is -0.194. The summed E-state index contributed by atoms with van der Waals surface area (Å²) in [5.74, 6) is 0.388. The summed E-state index contributed by atoms with van der Waals surface area (Å²) in [5.41, 5.74) is 0.444. The van der Waals surface area contributed by atoms with Crippen LogP contribution < -0.4 is 4.90 Å². The summed E-state index contributed by atoms with van der Waals surface area (Å²) >= 11 is 9.41. The molecule has 1 heterocycles. The maximum atomic E-state index is 12.3. The van der Waals surface area contributed by atoms with E-state index in [0.717, 1.165) is 0 Å². The number of hydrogen-bond acceptors (Lipinski definition) is 2. The molecule has 2 rings (SSSR count). The lowest BCUT2D eigenvalue weighted by atomic mass is 10.2. The maximum absolute atomic E-state index is 12.3. The Morgan fingerprint density at radius 2 is 2.06 bits per heavy atom. The van der Waals surface area contributed by atoms with Gasteiger partial charge in [-0.1, -0.05) is 23.7 Å². The molecule has 92 valence electrons. The number of nitrogens with zero attached hydrogens (tertiary/aromatic N) is 2. The van der Waals surface area contributed by atoms with Crippen molar-refractivity contribution in [1.29, 1.82) is 0 Å². The van der Waals surface area contributed by atoms with Gasteiger partial charge in [-0.05, 0) is 40.2 Å². The number of amides is 1. The molecule has 18 heavy (non-hydrogen) atoms. The highest BCUT2D eigenvalue weighted by Crippen LogP contribution is 2.27. The molecule has 0 N–H and O–H groups in total. The van der Waals surface area contributed by atoms with Crippen molar-refractivity contribution in [2.75, 3.05) is 11.9 Å². The Morgan fingerprint density at radius 3 is 2.72 bits per heavy atom. The van der Waals surface area contributed by atoms with E-state index in [2.05, 4.69) is 20.9 Å². The lowest BCUT2D eigenvalue weighted by molar-refractivity contribution is 0.0992. The van der Waals surface area contributed by atoms with E-state index in [1.807, 2.05) is 6.07 Å². The van der Waals surface area contributed by atoms with E-state index >= 15 is 0 Å². The molecule has 1 aromatic carbocycles. The lowest BCUT2D eigenvalue weighted by Crippen LogP contribution is -2.27. The normalized spacial score (nSPS) is 10.2. The van der Waals surface area contributed by atoms with Crippen LogP contribution in [0.5, 0.6) is 0 Å². The van der Waals surface area contributed by atoms with Crippen LogP contribution in [0.15, 0.2) is 47.1 Å². The van der Waals surface area contributed by atoms with Gasteiger partial charge in [0.05, 0.1) is 10.6 Å². The third kappa shape index (κ3) is 2.54. The first kappa shape index (κ1) is 13.1. The molecule has 0 fully saturated rings. The van der Waals surface area contributed by atoms with Crippen molar-refractivity contribution < 1.29 is 4.79 Å². The molecule has 0 saturated carbocycles. The molecule has 0 aliphatic heterocycles. The van der Waals surface area contributed by atoms with Crippen molar-refractivity contribution in [3.8, 4) is 0 Å². The van der Waals surface area contributed by atoms with Crippen molar-refractivity contribution in [3.05, 3.63) is 57.7 Å². The van der Waals surface area contributed by atoms with Gasteiger partial charge in [-0.25, -0.2) is 4.98 Å². The maximum Gasteiger partial charge on any atom is 0.260 e. The average molecular weight is 326 g/mol. The lowest BCUT2D eigenvalue weighted by Gasteiger charge is -2.17. The molecule has 0 aliphatic carbocycles. The summed E-state index contributed by atoms with van der Waals surface area (Å²) in [5, 5.41) is 0.408. The average Bonchev–Trinajstić information content (AvgIpc) is 2.41. The van der Waals surface area contributed by atoms with Crippen molar-refractivity contribution in [1.82, 2.24) is 4.98 Å². The summed E-state index contributed by atoms with van der Waals surface area (Å²) < 4.78 is 0.699. The summed E-state index contributed by atoms with van der Waals surface area (Å²) in [6.07, 6.45) is 1.64. The van der Waals surface area contributed by atoms with E-state index in [1.165, 1.54) is 4.90 Å². The zero-order chi connectivity index (χ0) is 13.1. The number of carbonyl (C=O) groups excluding carboxylic acids is 1. The van der Waals surface area contributed by atoms with E-state index in [9.17, 15) is 4.79 Å². The molecular weight excluding hydrogens is 316 g/mol. The smallest absolute Gasteiger partial charge is 0.260 e. The van der Waals surface area contributed by atoms with Crippen molar-refractivity contribution in [2.24, 2.45) is 0 Å². The predicted octanol–water partition coefficient (Wildman–Crippen LogP) is 3.77. The first-order valence-electron chi connectivity index (χ1n) is 5.24. The van der Waals surface area contributed by atoms with Crippen LogP contribution in [-0.2, 0) is 0 Å². The Balaban J connectivity index is 2.35. The van der Waals surface area contributed by atoms with Gasteiger partial charge in [0.15, 0.2) is 0 Å². The van der Waals surface area contributed by atoms with Gasteiger partial charge in [0.2, 0.25) is 0 Å². The molecular formula is C13H10BrClN2O. The number of pyridine rings is 1. The fraction of sp³-hybridized carbons (Fsp3) is 0.0769. The predicted molar refractivity (Wildman–Crippen MR) is 76.1 cm³/mol. The highest BCUT2D eigenvalue weighted by Gasteiger charge is 2.18. The number of halogens is 2. The number of anilines is 1. The van der Waals surface area contributed by atoms with Crippen molar-refractivity contribution in [3.63, 3.8) is 0 Å². The van der Waals surface area contributed by atoms with E-state index in [0.29, 0.717) is 20.9 Å². The molecule has 0 atom stereocenters. The number of carbonyl (C=O) groups is 1. The van der Waals surface area contributed by atoms with Gasteiger partial charge in [0.25, 0.3) is 5.91 Å². The van der Waals surface area contributed by atoms with Gasteiger partial charge in [0, 0.05) is 17.7 Å². The van der Waals surface area contributed by atoms with Crippen molar-refractivity contribution >= 4 is 39.3 Å². The van der Waals surface area contributed by atoms with Gasteiger partial charge >= 0.3 is 0 Å². The first-order chi connectivity index (χ1) is 8.61. The molecule has 0 radical (unpaired) electrons. The third-order valence-electron chi connectivity index (χ3n) is 2.48. The fourth-order valence-corrected chi connectivity index (χ4v) is 2.08. The van der Waals surface area contributed by atoms with Gasteiger partial charge in [0.1, 0.15) is 5.82 Å². The largest absolute Gasteiger partial charge is 0.296 e. The van der Waals surface area contributed by atoms with Crippen LogP contribution in [0.4, 0.5) is 5.82 Å². The SMILES string of the molecule is CN(C(=O)c1cccc(Br)c1Cl)c1ccccn1. The number of rotatable bonds is 2. The molecule has 1 aromatic heterocycles. The molecule has 0 spiro atoms. The quantitative estimate of drug-likeness (QED) is 0.842. The Bertz CT molecular complexity index is 574. The highest BCUT2D eigenvalue weighted by atomic mass is 79.9. The summed E-state index contributed by atoms with van der Waals surface area (Å²) in [4.78, 5) is 17.9. The fourth-order valence-electron chi connectivity index (χ4n) is 1.51. The third-order valence-corrected chi connectivity index (χ3v) is 3.78. The Labute approximate surface area is 119 Å². The molecule has 0 saturated heterocycles. The molecule has 2 aromatic rings. The molecule has 0 unspecified atom stereocenters. The summed E-state index contributed by atoms with van der Waals surface area (Å²) in [7, 11) is 1.67. The molecule has 3 nitrogen and oxygen atoms in total. The molecule has 1 amide bonds. The Hall–Kier alpha value is -1.39. The van der Waals surface area contributed by atoms with Crippen LogP contribution in [0.3, 0.4) is 0 Å². The van der Waals surface area contributed by atoms with E-state index in [-0.39, 0.29) is 5.91 Å². The van der Waals surface area contributed by atoms with Gasteiger partial charge < -0.3 is 0 Å². The van der Waals surface area contributed by atoms with Gasteiger partial charge in [-0.15, -0.1) is 0 Å². The van der Waals surface area contributed by atoms with Crippen LogP contribution in [0.1, 0.15) is 10.4 Å². The zero-order valence-corrected chi connectivity index (χ0v) is 11.9. The van der Waals surface area contributed by atoms with E-state index in [4.69, 9.17) is 11.6 Å². The van der Waals surface area contributed by atoms with Crippen LogP contribution in [0.25, 0.3) is 0 Å². The summed E-state index contributed by atoms with van der Waals surface area (Å²) in [6, 6.07) is 10.6. The van der Waals surface area contributed by atoms with Crippen LogP contribution in [-0.4, -0.2) is 17.9 Å². The standard InChI is InChI=1S/C13H10BrClN2O/c1-17(11-7-2-3-8-16-11)13(18)9-5-4-6-10(14)12(9)15/h2-8H,1H3. The molecule has 5 heteroatoms. The minimum absolute atomic E-state index is 0.194. The second-order valence-corrected chi connectivity index (χ2v) is 4.89. The topological polar surface area (TPSA) is 33.2 Å². The second kappa shape index (κ2) is 5.50. The zero-order valence-electron chi connectivity index (χ0n) is 9.60. The first-order valence-corrected chi connectivity index (χ1v) is 6.41. The van der Waals surface area contributed by atoms with Gasteiger partial charge in [-0.2, -0.15) is 0 Å². The second-order valence-electron chi connectivity index (χ2n) is 3.65. The Morgan fingerprint density at radius 1 is 1.28 bits per heavy atom.